The van der Waals surface area contributed by atoms with Gasteiger partial charge in [-0.3, -0.25) is 4.79 Å². The number of rotatable bonds is 7. The van der Waals surface area contributed by atoms with Gasteiger partial charge in [-0.2, -0.15) is 5.10 Å². The molecule has 0 radical (unpaired) electrons. The van der Waals surface area contributed by atoms with Crippen molar-refractivity contribution >= 4 is 16.9 Å². The zero-order chi connectivity index (χ0) is 22.0. The molecule has 0 aliphatic rings. The maximum atomic E-state index is 12.6. The van der Waals surface area contributed by atoms with Gasteiger partial charge in [0.05, 0.1) is 24.5 Å². The molecule has 0 aliphatic heterocycles. The quantitative estimate of drug-likeness (QED) is 0.457. The van der Waals surface area contributed by atoms with E-state index in [0.717, 1.165) is 45.1 Å². The summed E-state index contributed by atoms with van der Waals surface area (Å²) in [7, 11) is 1.65. The number of nitrogens with zero attached hydrogens (tertiary/aromatic N) is 2. The minimum Gasteiger partial charge on any atom is -0.497 e. The molecule has 0 fully saturated rings. The van der Waals surface area contributed by atoms with Gasteiger partial charge in [-0.05, 0) is 57.0 Å². The highest BCUT2D eigenvalue weighted by molar-refractivity contribution is 5.79. The van der Waals surface area contributed by atoms with Crippen molar-refractivity contribution in [3.05, 3.63) is 77.3 Å². The van der Waals surface area contributed by atoms with E-state index in [-0.39, 0.29) is 11.9 Å². The van der Waals surface area contributed by atoms with E-state index in [9.17, 15) is 4.79 Å². The first-order valence-electron chi connectivity index (χ1n) is 10.4. The number of amides is 1. The summed E-state index contributed by atoms with van der Waals surface area (Å²) in [6.45, 7) is 5.95. The second-order valence-corrected chi connectivity index (χ2v) is 7.74. The fourth-order valence-electron chi connectivity index (χ4n) is 3.87. The molecule has 0 bridgehead atoms. The van der Waals surface area contributed by atoms with Crippen LogP contribution in [0.4, 0.5) is 0 Å². The standard InChI is InChI=1S/C25H27N3O3/c1-16-22(18(3)28(27-16)20-9-7-10-21(15-20)30-4)12-13-25(29)26-17(2)24-14-19-8-5-6-11-23(19)31-24/h5-11,14-15,17H,12-13H2,1-4H3,(H,26,29)/t17-/m0/s1. The number of nitrogens with one attached hydrogen (secondary N) is 1. The van der Waals surface area contributed by atoms with Crippen LogP contribution in [-0.2, 0) is 11.2 Å². The Labute approximate surface area is 181 Å². The van der Waals surface area contributed by atoms with Crippen LogP contribution in [0.1, 0.15) is 42.1 Å². The number of para-hydroxylation sites is 1. The Kier molecular flexibility index (Phi) is 5.80. The van der Waals surface area contributed by atoms with E-state index in [1.54, 1.807) is 7.11 Å². The maximum Gasteiger partial charge on any atom is 0.220 e. The van der Waals surface area contributed by atoms with Crippen molar-refractivity contribution in [1.29, 1.82) is 0 Å². The van der Waals surface area contributed by atoms with Crippen LogP contribution < -0.4 is 10.1 Å². The van der Waals surface area contributed by atoms with Gasteiger partial charge >= 0.3 is 0 Å². The van der Waals surface area contributed by atoms with Crippen molar-refractivity contribution in [1.82, 2.24) is 15.1 Å². The molecule has 160 valence electrons. The minimum atomic E-state index is -0.193. The van der Waals surface area contributed by atoms with Crippen molar-refractivity contribution in [3.63, 3.8) is 0 Å². The molecule has 2 heterocycles. The molecule has 6 heteroatoms. The maximum absolute atomic E-state index is 12.6. The minimum absolute atomic E-state index is 0.0131. The lowest BCUT2D eigenvalue weighted by Gasteiger charge is -2.11. The van der Waals surface area contributed by atoms with Gasteiger partial charge in [-0.1, -0.05) is 24.3 Å². The lowest BCUT2D eigenvalue weighted by molar-refractivity contribution is -0.121. The van der Waals surface area contributed by atoms with Gasteiger partial charge in [0.1, 0.15) is 17.1 Å². The predicted octanol–water partition coefficient (Wildman–Crippen LogP) is 5.05. The van der Waals surface area contributed by atoms with Crippen LogP contribution in [0.25, 0.3) is 16.7 Å². The number of benzene rings is 2. The number of methoxy groups -OCH3 is 1. The molecule has 2 aromatic heterocycles. The number of hydrogen-bond donors (Lipinski definition) is 1. The van der Waals surface area contributed by atoms with Crippen LogP contribution >= 0.6 is 0 Å². The second kappa shape index (κ2) is 8.68. The average Bonchev–Trinajstić information content (AvgIpc) is 3.33. The largest absolute Gasteiger partial charge is 0.497 e. The lowest BCUT2D eigenvalue weighted by Crippen LogP contribution is -2.26. The summed E-state index contributed by atoms with van der Waals surface area (Å²) in [5.41, 5.74) is 4.82. The first-order chi connectivity index (χ1) is 15.0. The van der Waals surface area contributed by atoms with Gasteiger partial charge in [0.15, 0.2) is 0 Å². The number of ether oxygens (including phenoxy) is 1. The normalized spacial score (nSPS) is 12.1. The van der Waals surface area contributed by atoms with Crippen LogP contribution in [0.5, 0.6) is 5.75 Å². The molecule has 4 aromatic rings. The van der Waals surface area contributed by atoms with Gasteiger partial charge in [0.25, 0.3) is 0 Å². The Bertz CT molecular complexity index is 1190. The monoisotopic (exact) mass is 417 g/mol. The second-order valence-electron chi connectivity index (χ2n) is 7.74. The van der Waals surface area contributed by atoms with Crippen molar-refractivity contribution in [2.45, 2.75) is 39.7 Å². The zero-order valence-electron chi connectivity index (χ0n) is 18.3. The molecule has 4 rings (SSSR count). The summed E-state index contributed by atoms with van der Waals surface area (Å²) >= 11 is 0. The molecule has 0 unspecified atom stereocenters. The molecule has 0 spiro atoms. The Morgan fingerprint density at radius 2 is 1.97 bits per heavy atom. The third kappa shape index (κ3) is 4.33. The van der Waals surface area contributed by atoms with E-state index in [1.807, 2.05) is 80.1 Å². The van der Waals surface area contributed by atoms with Crippen LogP contribution in [0.2, 0.25) is 0 Å². The molecule has 0 saturated heterocycles. The van der Waals surface area contributed by atoms with Gasteiger partial charge in [0.2, 0.25) is 5.91 Å². The van der Waals surface area contributed by atoms with Crippen LogP contribution in [0, 0.1) is 13.8 Å². The number of aryl methyl sites for hydroxylation is 1. The first-order valence-corrected chi connectivity index (χ1v) is 10.4. The molecule has 0 aliphatic carbocycles. The highest BCUT2D eigenvalue weighted by Gasteiger charge is 2.17. The molecule has 2 aromatic carbocycles. The molecule has 1 atom stereocenters. The Hall–Kier alpha value is -3.54. The molecule has 1 amide bonds. The topological polar surface area (TPSA) is 69.3 Å². The van der Waals surface area contributed by atoms with E-state index in [2.05, 4.69) is 10.4 Å². The smallest absolute Gasteiger partial charge is 0.220 e. The summed E-state index contributed by atoms with van der Waals surface area (Å²) in [6.07, 6.45) is 1.01. The van der Waals surface area contributed by atoms with E-state index >= 15 is 0 Å². The van der Waals surface area contributed by atoms with Gasteiger partial charge in [-0.15, -0.1) is 0 Å². The molecule has 0 saturated carbocycles. The Morgan fingerprint density at radius 1 is 1.16 bits per heavy atom. The third-order valence-electron chi connectivity index (χ3n) is 5.59. The van der Waals surface area contributed by atoms with Gasteiger partial charge in [-0.25, -0.2) is 4.68 Å². The Morgan fingerprint density at radius 3 is 2.74 bits per heavy atom. The lowest BCUT2D eigenvalue weighted by atomic mass is 10.1. The summed E-state index contributed by atoms with van der Waals surface area (Å²) in [6, 6.07) is 17.4. The third-order valence-corrected chi connectivity index (χ3v) is 5.59. The zero-order valence-corrected chi connectivity index (χ0v) is 18.3. The summed E-state index contributed by atoms with van der Waals surface area (Å²) in [5.74, 6) is 1.53. The molecular weight excluding hydrogens is 390 g/mol. The van der Waals surface area contributed by atoms with E-state index in [1.165, 1.54) is 0 Å². The van der Waals surface area contributed by atoms with Crippen molar-refractivity contribution < 1.29 is 13.9 Å². The molecular formula is C25H27N3O3. The Balaban J connectivity index is 1.42. The SMILES string of the molecule is COc1cccc(-n2nc(C)c(CCC(=O)N[C@@H](C)c3cc4ccccc4o3)c2C)c1. The number of carbonyl (C=O) groups is 1. The van der Waals surface area contributed by atoms with Gasteiger partial charge in [0, 0.05) is 23.6 Å². The number of furan rings is 1. The fourth-order valence-corrected chi connectivity index (χ4v) is 3.87. The first kappa shape index (κ1) is 20.7. The molecule has 6 nitrogen and oxygen atoms in total. The van der Waals surface area contributed by atoms with Crippen molar-refractivity contribution in [3.8, 4) is 11.4 Å². The van der Waals surface area contributed by atoms with Crippen LogP contribution in [-0.4, -0.2) is 22.8 Å². The summed E-state index contributed by atoms with van der Waals surface area (Å²) < 4.78 is 13.1. The number of aromatic nitrogens is 2. The van der Waals surface area contributed by atoms with E-state index in [0.29, 0.717) is 12.8 Å². The van der Waals surface area contributed by atoms with Crippen LogP contribution in [0.15, 0.2) is 59.0 Å². The number of fused-ring (bicyclic) bond motifs is 1. The van der Waals surface area contributed by atoms with E-state index in [4.69, 9.17) is 9.15 Å². The highest BCUT2D eigenvalue weighted by Crippen LogP contribution is 2.24. The van der Waals surface area contributed by atoms with Gasteiger partial charge < -0.3 is 14.5 Å². The highest BCUT2D eigenvalue weighted by atomic mass is 16.5. The summed E-state index contributed by atoms with van der Waals surface area (Å²) in [5, 5.41) is 8.76. The molecule has 31 heavy (non-hydrogen) atoms. The van der Waals surface area contributed by atoms with Crippen molar-refractivity contribution in [2.24, 2.45) is 0 Å². The average molecular weight is 418 g/mol. The predicted molar refractivity (Wildman–Crippen MR) is 121 cm³/mol. The van der Waals surface area contributed by atoms with E-state index < -0.39 is 0 Å². The molecule has 1 N–H and O–H groups in total. The fraction of sp³-hybridized carbons (Fsp3) is 0.280. The van der Waals surface area contributed by atoms with Crippen LogP contribution in [0.3, 0.4) is 0 Å². The van der Waals surface area contributed by atoms with Crippen molar-refractivity contribution in [2.75, 3.05) is 7.11 Å². The number of carbonyl (C=O) groups excluding carboxylic acids is 1. The number of hydrogen-bond acceptors (Lipinski definition) is 4. The summed E-state index contributed by atoms with van der Waals surface area (Å²) in [4.78, 5) is 12.6.